The van der Waals surface area contributed by atoms with E-state index in [1.165, 1.54) is 38.6 Å². The predicted octanol–water partition coefficient (Wildman–Crippen LogP) is -0.741. The van der Waals surface area contributed by atoms with Crippen molar-refractivity contribution >= 4 is 40.5 Å². The van der Waals surface area contributed by atoms with Crippen LogP contribution < -0.4 is 20.1 Å². The number of urea groups is 1. The van der Waals surface area contributed by atoms with E-state index in [-0.39, 0.29) is 0 Å². The molecule has 2 saturated heterocycles. The van der Waals surface area contributed by atoms with Gasteiger partial charge >= 0.3 is 6.03 Å². The quantitative estimate of drug-likeness (QED) is 0.461. The van der Waals surface area contributed by atoms with Crippen LogP contribution in [-0.4, -0.2) is 50.2 Å². The van der Waals surface area contributed by atoms with E-state index >= 15 is 0 Å². The van der Waals surface area contributed by atoms with E-state index in [4.69, 9.17) is 0 Å². The van der Waals surface area contributed by atoms with E-state index in [2.05, 4.69) is 10.3 Å². The molecule has 1 atom stereocenters. The summed E-state index contributed by atoms with van der Waals surface area (Å²) < 4.78 is 0. The second kappa shape index (κ2) is 8.53. The molecular formula is C22H26N4O3+2. The van der Waals surface area contributed by atoms with Crippen LogP contribution in [-0.2, 0) is 9.59 Å². The monoisotopic (exact) mass is 394 g/mol. The number of hydrogen-bond acceptors (Lipinski definition) is 3. The van der Waals surface area contributed by atoms with Gasteiger partial charge in [0, 0.05) is 5.39 Å². The molecule has 7 heteroatoms. The van der Waals surface area contributed by atoms with Gasteiger partial charge in [0.05, 0.1) is 18.8 Å². The molecule has 2 aromatic rings. The minimum absolute atomic E-state index is 0.481. The highest BCUT2D eigenvalue weighted by Gasteiger charge is 2.42. The Hall–Kier alpha value is -3.06. The SMILES string of the molecule is O=C1NC(=O)N(c2cccc3ccccc23)C(=O)[C@H]1C=[NH+]CC[NH+]1CCCCC1. The van der Waals surface area contributed by atoms with Crippen molar-refractivity contribution in [3.8, 4) is 0 Å². The number of hydrogen-bond donors (Lipinski definition) is 3. The number of likely N-dealkylation sites (tertiary alicyclic amines) is 1. The van der Waals surface area contributed by atoms with Gasteiger partial charge in [0.25, 0.3) is 11.8 Å². The van der Waals surface area contributed by atoms with Crippen LogP contribution in [0.3, 0.4) is 0 Å². The molecule has 2 aliphatic rings. The summed E-state index contributed by atoms with van der Waals surface area (Å²) in [6.45, 7) is 3.99. The van der Waals surface area contributed by atoms with Crippen molar-refractivity contribution in [2.75, 3.05) is 31.1 Å². The number of anilines is 1. The molecular weight excluding hydrogens is 368 g/mol. The van der Waals surface area contributed by atoms with Crippen LogP contribution >= 0.6 is 0 Å². The van der Waals surface area contributed by atoms with E-state index in [0.717, 1.165) is 22.2 Å². The fraction of sp³-hybridized carbons (Fsp3) is 0.364. The third-order valence-electron chi connectivity index (χ3n) is 5.68. The summed E-state index contributed by atoms with van der Waals surface area (Å²) in [5.41, 5.74) is 0.481. The van der Waals surface area contributed by atoms with Crippen LogP contribution in [0.5, 0.6) is 0 Å². The van der Waals surface area contributed by atoms with E-state index < -0.39 is 23.8 Å². The first-order valence-electron chi connectivity index (χ1n) is 10.2. The lowest BCUT2D eigenvalue weighted by molar-refractivity contribution is -0.911. The van der Waals surface area contributed by atoms with E-state index in [1.54, 1.807) is 17.0 Å². The number of nitrogens with zero attached hydrogens (tertiary/aromatic N) is 1. The molecule has 0 saturated carbocycles. The zero-order chi connectivity index (χ0) is 20.2. The Morgan fingerprint density at radius 1 is 1.03 bits per heavy atom. The number of rotatable bonds is 5. The fourth-order valence-electron chi connectivity index (χ4n) is 4.12. The molecule has 0 spiro atoms. The largest absolute Gasteiger partial charge is 0.335 e. The molecule has 2 heterocycles. The lowest BCUT2D eigenvalue weighted by Gasteiger charge is -2.28. The highest BCUT2D eigenvalue weighted by molar-refractivity contribution is 6.33. The highest BCUT2D eigenvalue weighted by atomic mass is 16.2. The first-order valence-corrected chi connectivity index (χ1v) is 10.2. The van der Waals surface area contributed by atoms with Crippen LogP contribution in [0.25, 0.3) is 10.8 Å². The molecule has 150 valence electrons. The molecule has 2 fully saturated rings. The molecule has 2 aliphatic heterocycles. The highest BCUT2D eigenvalue weighted by Crippen LogP contribution is 2.28. The third-order valence-corrected chi connectivity index (χ3v) is 5.68. The molecule has 2 aromatic carbocycles. The number of piperidine rings is 1. The van der Waals surface area contributed by atoms with Gasteiger partial charge in [-0.3, -0.25) is 14.9 Å². The number of quaternary nitrogens is 1. The fourth-order valence-corrected chi connectivity index (χ4v) is 4.12. The number of carbonyl (C=O) groups excluding carboxylic acids is 3. The van der Waals surface area contributed by atoms with Crippen molar-refractivity contribution < 1.29 is 24.3 Å². The molecule has 3 N–H and O–H groups in total. The Balaban J connectivity index is 1.52. The van der Waals surface area contributed by atoms with Gasteiger partial charge in [-0.2, -0.15) is 0 Å². The molecule has 7 nitrogen and oxygen atoms in total. The molecule has 0 radical (unpaired) electrons. The topological polar surface area (TPSA) is 84.9 Å². The van der Waals surface area contributed by atoms with Gasteiger partial charge < -0.3 is 4.90 Å². The van der Waals surface area contributed by atoms with E-state index in [0.29, 0.717) is 12.2 Å². The number of amides is 4. The zero-order valence-electron chi connectivity index (χ0n) is 16.3. The lowest BCUT2D eigenvalue weighted by Crippen LogP contribution is -3.14. The Morgan fingerprint density at radius 3 is 2.62 bits per heavy atom. The van der Waals surface area contributed by atoms with Crippen molar-refractivity contribution in [3.05, 3.63) is 42.5 Å². The Bertz CT molecular complexity index is 960. The Kier molecular flexibility index (Phi) is 5.67. The van der Waals surface area contributed by atoms with Gasteiger partial charge in [-0.25, -0.2) is 14.7 Å². The summed E-state index contributed by atoms with van der Waals surface area (Å²) in [6.07, 6.45) is 5.33. The van der Waals surface area contributed by atoms with Crippen LogP contribution in [0.1, 0.15) is 19.3 Å². The second-order valence-corrected chi connectivity index (χ2v) is 7.63. The minimum atomic E-state index is -1.04. The van der Waals surface area contributed by atoms with Crippen LogP contribution in [0.4, 0.5) is 10.5 Å². The maximum absolute atomic E-state index is 13.1. The molecule has 0 unspecified atom stereocenters. The average Bonchev–Trinajstić information content (AvgIpc) is 2.74. The maximum atomic E-state index is 13.1. The molecule has 0 aliphatic carbocycles. The molecule has 4 rings (SSSR count). The average molecular weight is 394 g/mol. The number of imide groups is 2. The normalized spacial score (nSPS) is 21.2. The van der Waals surface area contributed by atoms with E-state index in [9.17, 15) is 14.4 Å². The smallest absolute Gasteiger partial charge is 0.330 e. The van der Waals surface area contributed by atoms with Crippen molar-refractivity contribution in [1.82, 2.24) is 5.32 Å². The second-order valence-electron chi connectivity index (χ2n) is 7.63. The summed E-state index contributed by atoms with van der Waals surface area (Å²) in [5, 5.41) is 4.02. The number of benzene rings is 2. The first-order chi connectivity index (χ1) is 14.1. The van der Waals surface area contributed by atoms with Crippen molar-refractivity contribution in [2.45, 2.75) is 19.3 Å². The van der Waals surface area contributed by atoms with Crippen molar-refractivity contribution in [3.63, 3.8) is 0 Å². The van der Waals surface area contributed by atoms with Gasteiger partial charge in [0.1, 0.15) is 6.54 Å². The van der Waals surface area contributed by atoms with Crippen molar-refractivity contribution in [2.24, 2.45) is 5.92 Å². The summed E-state index contributed by atoms with van der Waals surface area (Å²) in [6, 6.07) is 12.3. The van der Waals surface area contributed by atoms with Gasteiger partial charge in [-0.05, 0) is 30.7 Å². The van der Waals surface area contributed by atoms with Gasteiger partial charge in [0.2, 0.25) is 0 Å². The first kappa shape index (κ1) is 19.3. The number of barbiturate groups is 1. The summed E-state index contributed by atoms with van der Waals surface area (Å²) in [5.74, 6) is -2.16. The van der Waals surface area contributed by atoms with Gasteiger partial charge in [-0.1, -0.05) is 36.4 Å². The Morgan fingerprint density at radius 2 is 1.79 bits per heavy atom. The molecule has 29 heavy (non-hydrogen) atoms. The molecule has 0 aromatic heterocycles. The van der Waals surface area contributed by atoms with Gasteiger partial charge in [0.15, 0.2) is 18.7 Å². The minimum Gasteiger partial charge on any atom is -0.330 e. The Labute approximate surface area is 169 Å². The number of nitrogens with one attached hydrogen (secondary N) is 3. The predicted molar refractivity (Wildman–Crippen MR) is 110 cm³/mol. The molecule has 4 amide bonds. The summed E-state index contributed by atoms with van der Waals surface area (Å²) >= 11 is 0. The summed E-state index contributed by atoms with van der Waals surface area (Å²) in [4.78, 5) is 43.6. The summed E-state index contributed by atoms with van der Waals surface area (Å²) in [7, 11) is 0. The van der Waals surface area contributed by atoms with E-state index in [1.807, 2.05) is 30.3 Å². The van der Waals surface area contributed by atoms with Crippen LogP contribution in [0.15, 0.2) is 42.5 Å². The van der Waals surface area contributed by atoms with Crippen LogP contribution in [0, 0.1) is 5.92 Å². The lowest BCUT2D eigenvalue weighted by atomic mass is 10.0. The maximum Gasteiger partial charge on any atom is 0.335 e. The third kappa shape index (κ3) is 4.05. The van der Waals surface area contributed by atoms with Crippen LogP contribution in [0.2, 0.25) is 0 Å². The number of fused-ring (bicyclic) bond motifs is 1. The number of carbonyl (C=O) groups is 3. The standard InChI is InChI=1S/C22H24N4O3/c27-20-18(15-23-11-14-25-12-4-1-5-13-25)21(28)26(22(29)24-20)19-10-6-8-16-7-2-3-9-17(16)19/h2-3,6-10,15,18H,1,4-5,11-14H2,(H,24,27,29)/p+2/t18-/m0/s1. The van der Waals surface area contributed by atoms with Crippen molar-refractivity contribution in [1.29, 1.82) is 0 Å². The zero-order valence-corrected chi connectivity index (χ0v) is 16.3. The molecule has 0 bridgehead atoms. The van der Waals surface area contributed by atoms with Gasteiger partial charge in [-0.15, -0.1) is 0 Å².